The Morgan fingerprint density at radius 3 is 2.75 bits per heavy atom. The van der Waals surface area contributed by atoms with E-state index in [9.17, 15) is 0 Å². The average molecular weight is 165 g/mol. The zero-order valence-corrected chi connectivity index (χ0v) is 8.21. The number of hydrogen-bond donors (Lipinski definition) is 0. The van der Waals surface area contributed by atoms with Crippen molar-refractivity contribution in [3.63, 3.8) is 0 Å². The Balaban J connectivity index is 2.09. The van der Waals surface area contributed by atoms with Crippen LogP contribution in [-0.4, -0.2) is 24.5 Å². The van der Waals surface area contributed by atoms with Crippen LogP contribution in [0.4, 0.5) is 0 Å². The molecule has 1 atom stereocenters. The maximum atomic E-state index is 5.19. The van der Waals surface area contributed by atoms with E-state index in [-0.39, 0.29) is 0 Å². The fourth-order valence-electron chi connectivity index (χ4n) is 1.57. The molecule has 0 aliphatic heterocycles. The quantitative estimate of drug-likeness (QED) is 0.445. The van der Waals surface area contributed by atoms with Gasteiger partial charge in [-0.15, -0.1) is 12.3 Å². The predicted molar refractivity (Wildman–Crippen MR) is 52.9 cm³/mol. The van der Waals surface area contributed by atoms with Gasteiger partial charge in [0.2, 0.25) is 0 Å². The zero-order valence-electron chi connectivity index (χ0n) is 8.21. The molecule has 0 aromatic carbocycles. The Morgan fingerprint density at radius 2 is 2.25 bits per heavy atom. The molecule has 1 aliphatic rings. The first kappa shape index (κ1) is 9.61. The van der Waals surface area contributed by atoms with E-state index in [1.54, 1.807) is 0 Å². The minimum Gasteiger partial charge on any atom is -0.303 e. The maximum Gasteiger partial charge on any atom is 0.00982 e. The SMILES string of the molecule is C#CCCCN(C)C(C)C1CC1. The van der Waals surface area contributed by atoms with Crippen molar-refractivity contribution < 1.29 is 0 Å². The fourth-order valence-corrected chi connectivity index (χ4v) is 1.57. The molecule has 0 bridgehead atoms. The molecule has 1 unspecified atom stereocenters. The number of hydrogen-bond acceptors (Lipinski definition) is 1. The summed E-state index contributed by atoms with van der Waals surface area (Å²) in [7, 11) is 2.21. The van der Waals surface area contributed by atoms with Crippen molar-refractivity contribution in [2.75, 3.05) is 13.6 Å². The van der Waals surface area contributed by atoms with Gasteiger partial charge in [0.1, 0.15) is 0 Å². The van der Waals surface area contributed by atoms with Crippen molar-refractivity contribution in [2.45, 2.75) is 38.6 Å². The molecule has 0 radical (unpaired) electrons. The molecular formula is C11H19N. The molecule has 0 aromatic rings. The van der Waals surface area contributed by atoms with E-state index in [1.807, 2.05) is 0 Å². The van der Waals surface area contributed by atoms with E-state index >= 15 is 0 Å². The average Bonchev–Trinajstić information content (AvgIpc) is 2.86. The van der Waals surface area contributed by atoms with E-state index in [0.717, 1.165) is 31.3 Å². The Hall–Kier alpha value is -0.480. The summed E-state index contributed by atoms with van der Waals surface area (Å²) in [6, 6.07) is 0.766. The first-order valence-corrected chi connectivity index (χ1v) is 4.89. The summed E-state index contributed by atoms with van der Waals surface area (Å²) in [5.74, 6) is 3.65. The number of rotatable bonds is 5. The molecule has 12 heavy (non-hydrogen) atoms. The molecule has 0 spiro atoms. The standard InChI is InChI=1S/C11H19N/c1-4-5-6-9-12(3)10(2)11-7-8-11/h1,10-11H,5-9H2,2-3H3. The molecule has 0 amide bonds. The van der Waals surface area contributed by atoms with E-state index in [4.69, 9.17) is 6.42 Å². The Kier molecular flexibility index (Phi) is 3.62. The molecule has 1 saturated carbocycles. The van der Waals surface area contributed by atoms with Gasteiger partial charge in [0.25, 0.3) is 0 Å². The van der Waals surface area contributed by atoms with Crippen LogP contribution in [0.5, 0.6) is 0 Å². The van der Waals surface area contributed by atoms with E-state index in [1.165, 1.54) is 12.8 Å². The summed E-state index contributed by atoms with van der Waals surface area (Å²) in [6.07, 6.45) is 10.1. The molecule has 1 nitrogen and oxygen atoms in total. The smallest absolute Gasteiger partial charge is 0.00982 e. The number of nitrogens with zero attached hydrogens (tertiary/aromatic N) is 1. The van der Waals surface area contributed by atoms with Gasteiger partial charge in [0, 0.05) is 12.5 Å². The van der Waals surface area contributed by atoms with Gasteiger partial charge in [-0.1, -0.05) is 0 Å². The van der Waals surface area contributed by atoms with Gasteiger partial charge in [-0.3, -0.25) is 0 Å². The monoisotopic (exact) mass is 165 g/mol. The second kappa shape index (κ2) is 4.52. The molecule has 68 valence electrons. The molecule has 1 aliphatic carbocycles. The van der Waals surface area contributed by atoms with Crippen LogP contribution in [0.25, 0.3) is 0 Å². The molecular weight excluding hydrogens is 146 g/mol. The van der Waals surface area contributed by atoms with Crippen molar-refractivity contribution in [2.24, 2.45) is 5.92 Å². The molecule has 0 N–H and O–H groups in total. The van der Waals surface area contributed by atoms with Gasteiger partial charge in [0.05, 0.1) is 0 Å². The van der Waals surface area contributed by atoms with Crippen LogP contribution in [0.1, 0.15) is 32.6 Å². The van der Waals surface area contributed by atoms with Gasteiger partial charge >= 0.3 is 0 Å². The molecule has 1 heteroatoms. The minimum atomic E-state index is 0.766. The number of unbranched alkanes of at least 4 members (excludes halogenated alkanes) is 1. The van der Waals surface area contributed by atoms with Crippen LogP contribution in [0.2, 0.25) is 0 Å². The summed E-state index contributed by atoms with van der Waals surface area (Å²) >= 11 is 0. The first-order valence-electron chi connectivity index (χ1n) is 4.89. The Labute approximate surface area is 76.1 Å². The Morgan fingerprint density at radius 1 is 1.58 bits per heavy atom. The van der Waals surface area contributed by atoms with E-state index in [2.05, 4.69) is 24.8 Å². The number of terminal acetylenes is 1. The van der Waals surface area contributed by atoms with Crippen LogP contribution in [0, 0.1) is 18.3 Å². The highest BCUT2D eigenvalue weighted by molar-refractivity contribution is 4.86. The highest BCUT2D eigenvalue weighted by Gasteiger charge is 2.29. The van der Waals surface area contributed by atoms with Crippen molar-refractivity contribution in [3.8, 4) is 12.3 Å². The van der Waals surface area contributed by atoms with Gasteiger partial charge in [0.15, 0.2) is 0 Å². The third-order valence-electron chi connectivity index (χ3n) is 2.83. The summed E-state index contributed by atoms with van der Waals surface area (Å²) in [6.45, 7) is 3.48. The summed E-state index contributed by atoms with van der Waals surface area (Å²) in [5, 5.41) is 0. The van der Waals surface area contributed by atoms with Crippen LogP contribution in [-0.2, 0) is 0 Å². The van der Waals surface area contributed by atoms with Crippen molar-refractivity contribution in [3.05, 3.63) is 0 Å². The summed E-state index contributed by atoms with van der Waals surface area (Å²) < 4.78 is 0. The zero-order chi connectivity index (χ0) is 8.97. The lowest BCUT2D eigenvalue weighted by Crippen LogP contribution is -2.31. The highest BCUT2D eigenvalue weighted by Crippen LogP contribution is 2.34. The molecule has 0 aromatic heterocycles. The molecule has 1 rings (SSSR count). The third-order valence-corrected chi connectivity index (χ3v) is 2.83. The normalized spacial score (nSPS) is 19.2. The van der Waals surface area contributed by atoms with E-state index in [0.29, 0.717) is 0 Å². The molecule has 0 saturated heterocycles. The van der Waals surface area contributed by atoms with Gasteiger partial charge in [-0.2, -0.15) is 0 Å². The topological polar surface area (TPSA) is 3.24 Å². The van der Waals surface area contributed by atoms with E-state index < -0.39 is 0 Å². The second-order valence-corrected chi connectivity index (χ2v) is 3.87. The lowest BCUT2D eigenvalue weighted by molar-refractivity contribution is 0.233. The van der Waals surface area contributed by atoms with Crippen LogP contribution >= 0.6 is 0 Å². The first-order chi connectivity index (χ1) is 5.75. The lowest BCUT2D eigenvalue weighted by atomic mass is 10.2. The summed E-state index contributed by atoms with van der Waals surface area (Å²) in [4.78, 5) is 2.44. The highest BCUT2D eigenvalue weighted by atomic mass is 15.1. The predicted octanol–water partition coefficient (Wildman–Crippen LogP) is 2.13. The van der Waals surface area contributed by atoms with Crippen LogP contribution in [0.15, 0.2) is 0 Å². The van der Waals surface area contributed by atoms with Crippen LogP contribution in [0.3, 0.4) is 0 Å². The largest absolute Gasteiger partial charge is 0.303 e. The second-order valence-electron chi connectivity index (χ2n) is 3.87. The van der Waals surface area contributed by atoms with Gasteiger partial charge in [-0.05, 0) is 45.7 Å². The lowest BCUT2D eigenvalue weighted by Gasteiger charge is -2.23. The van der Waals surface area contributed by atoms with Crippen LogP contribution < -0.4 is 0 Å². The fraction of sp³-hybridized carbons (Fsp3) is 0.818. The van der Waals surface area contributed by atoms with Crippen molar-refractivity contribution >= 4 is 0 Å². The molecule has 0 heterocycles. The van der Waals surface area contributed by atoms with Crippen molar-refractivity contribution in [1.29, 1.82) is 0 Å². The van der Waals surface area contributed by atoms with Crippen molar-refractivity contribution in [1.82, 2.24) is 4.90 Å². The summed E-state index contributed by atoms with van der Waals surface area (Å²) in [5.41, 5.74) is 0. The van der Waals surface area contributed by atoms with Gasteiger partial charge < -0.3 is 4.90 Å². The third kappa shape index (κ3) is 2.87. The minimum absolute atomic E-state index is 0.766. The molecule has 1 fully saturated rings. The maximum absolute atomic E-state index is 5.19. The Bertz CT molecular complexity index is 164. The van der Waals surface area contributed by atoms with Gasteiger partial charge in [-0.25, -0.2) is 0 Å².